The van der Waals surface area contributed by atoms with Crippen LogP contribution in [0, 0.1) is 5.92 Å². The minimum absolute atomic E-state index is 0.139. The van der Waals surface area contributed by atoms with Gasteiger partial charge in [0.15, 0.2) is 0 Å². The second kappa shape index (κ2) is 7.84. The maximum absolute atomic E-state index is 10.7. The number of carbonyl (C=O) groups is 1. The summed E-state index contributed by atoms with van der Waals surface area (Å²) in [5.41, 5.74) is 2.83. The van der Waals surface area contributed by atoms with Crippen molar-refractivity contribution in [1.82, 2.24) is 10.6 Å². The van der Waals surface area contributed by atoms with Gasteiger partial charge in [-0.05, 0) is 50.0 Å². The normalized spacial score (nSPS) is 30.0. The van der Waals surface area contributed by atoms with E-state index in [0.717, 1.165) is 32.1 Å². The molecule has 3 rings (SSSR count). The maximum atomic E-state index is 10.7. The summed E-state index contributed by atoms with van der Waals surface area (Å²) in [6, 6.07) is 11.8. The zero-order valence-electron chi connectivity index (χ0n) is 14.4. The number of carboxylic acid groups (broad SMARTS) is 1. The van der Waals surface area contributed by atoms with Gasteiger partial charge >= 0.3 is 6.09 Å². The molecular formula is C20H28N2O2. The molecule has 4 nitrogen and oxygen atoms in total. The molecule has 1 aromatic rings. The molecule has 2 fully saturated rings. The van der Waals surface area contributed by atoms with Crippen molar-refractivity contribution in [2.24, 2.45) is 5.92 Å². The molecule has 0 saturated heterocycles. The Morgan fingerprint density at radius 3 is 2.46 bits per heavy atom. The van der Waals surface area contributed by atoms with Crippen molar-refractivity contribution >= 4 is 12.2 Å². The first-order valence-electron chi connectivity index (χ1n) is 9.16. The quantitative estimate of drug-likeness (QED) is 0.738. The summed E-state index contributed by atoms with van der Waals surface area (Å²) in [5, 5.41) is 15.2. The Bertz CT molecular complexity index is 577. The van der Waals surface area contributed by atoms with Crippen LogP contribution < -0.4 is 10.6 Å². The van der Waals surface area contributed by atoms with Crippen LogP contribution in [0.5, 0.6) is 0 Å². The van der Waals surface area contributed by atoms with Crippen LogP contribution in [0.3, 0.4) is 0 Å². The van der Waals surface area contributed by atoms with Crippen LogP contribution in [0.1, 0.15) is 51.0 Å². The Morgan fingerprint density at radius 2 is 1.83 bits per heavy atom. The zero-order valence-corrected chi connectivity index (χ0v) is 14.4. The molecule has 2 atom stereocenters. The van der Waals surface area contributed by atoms with Crippen molar-refractivity contribution in [2.45, 2.75) is 63.6 Å². The van der Waals surface area contributed by atoms with E-state index in [2.05, 4.69) is 54.0 Å². The van der Waals surface area contributed by atoms with Crippen LogP contribution >= 0.6 is 0 Å². The van der Waals surface area contributed by atoms with E-state index in [1.54, 1.807) is 5.57 Å². The second-order valence-electron chi connectivity index (χ2n) is 7.10. The average molecular weight is 328 g/mol. The first-order chi connectivity index (χ1) is 11.7. The van der Waals surface area contributed by atoms with Gasteiger partial charge in [0.2, 0.25) is 0 Å². The van der Waals surface area contributed by atoms with E-state index in [-0.39, 0.29) is 6.04 Å². The van der Waals surface area contributed by atoms with Crippen LogP contribution in [0.15, 0.2) is 35.9 Å². The summed E-state index contributed by atoms with van der Waals surface area (Å²) in [7, 11) is 0. The highest BCUT2D eigenvalue weighted by Crippen LogP contribution is 2.40. The third-order valence-corrected chi connectivity index (χ3v) is 5.33. The van der Waals surface area contributed by atoms with Crippen LogP contribution in [0.4, 0.5) is 4.79 Å². The van der Waals surface area contributed by atoms with Crippen LogP contribution in [0.2, 0.25) is 0 Å². The standard InChI is InChI=1S/C20H28N2O2/c1-2-15(12-14-6-4-3-5-7-14)18-13-19(18)21-16-8-10-17(11-9-16)22-20(23)24/h3-7,12,16-19,21-22H,2,8-11,13H2,1H3,(H,23,24)/b15-12+. The van der Waals surface area contributed by atoms with Gasteiger partial charge in [0.1, 0.15) is 0 Å². The van der Waals surface area contributed by atoms with Crippen LogP contribution in [-0.2, 0) is 0 Å². The van der Waals surface area contributed by atoms with Gasteiger partial charge < -0.3 is 15.7 Å². The van der Waals surface area contributed by atoms with Gasteiger partial charge in [-0.15, -0.1) is 0 Å². The second-order valence-corrected chi connectivity index (χ2v) is 7.10. The van der Waals surface area contributed by atoms with Gasteiger partial charge in [-0.3, -0.25) is 0 Å². The highest BCUT2D eigenvalue weighted by Gasteiger charge is 2.40. The van der Waals surface area contributed by atoms with Crippen molar-refractivity contribution in [2.75, 3.05) is 0 Å². The average Bonchev–Trinajstić information content (AvgIpc) is 3.34. The molecule has 2 aliphatic rings. The Labute approximate surface area is 144 Å². The van der Waals surface area contributed by atoms with Crippen molar-refractivity contribution in [3.8, 4) is 0 Å². The molecule has 2 saturated carbocycles. The number of hydrogen-bond acceptors (Lipinski definition) is 2. The van der Waals surface area contributed by atoms with Crippen LogP contribution in [0.25, 0.3) is 6.08 Å². The maximum Gasteiger partial charge on any atom is 0.404 e. The van der Waals surface area contributed by atoms with Crippen molar-refractivity contribution < 1.29 is 9.90 Å². The molecule has 1 aromatic carbocycles. The molecule has 24 heavy (non-hydrogen) atoms. The van der Waals surface area contributed by atoms with Crippen molar-refractivity contribution in [3.63, 3.8) is 0 Å². The van der Waals surface area contributed by atoms with Gasteiger partial charge in [-0.2, -0.15) is 0 Å². The van der Waals surface area contributed by atoms with Crippen molar-refractivity contribution in [1.29, 1.82) is 0 Å². The van der Waals surface area contributed by atoms with Crippen molar-refractivity contribution in [3.05, 3.63) is 41.5 Å². The topological polar surface area (TPSA) is 61.4 Å². The fraction of sp³-hybridized carbons (Fsp3) is 0.550. The summed E-state index contributed by atoms with van der Waals surface area (Å²) in [6.45, 7) is 2.24. The predicted molar refractivity (Wildman–Crippen MR) is 96.9 cm³/mol. The predicted octanol–water partition coefficient (Wildman–Crippen LogP) is 4.04. The van der Waals surface area contributed by atoms with Gasteiger partial charge in [-0.1, -0.05) is 48.9 Å². The Hall–Kier alpha value is -1.81. The van der Waals surface area contributed by atoms with Gasteiger partial charge in [0, 0.05) is 18.1 Å². The van der Waals surface area contributed by atoms with E-state index >= 15 is 0 Å². The van der Waals surface area contributed by atoms with E-state index < -0.39 is 6.09 Å². The largest absolute Gasteiger partial charge is 0.465 e. The third-order valence-electron chi connectivity index (χ3n) is 5.33. The first-order valence-corrected chi connectivity index (χ1v) is 9.16. The first kappa shape index (κ1) is 17.0. The monoisotopic (exact) mass is 328 g/mol. The lowest BCUT2D eigenvalue weighted by atomic mass is 9.91. The number of hydrogen-bond donors (Lipinski definition) is 3. The molecule has 130 valence electrons. The Kier molecular flexibility index (Phi) is 5.56. The van der Waals surface area contributed by atoms with E-state index in [9.17, 15) is 4.79 Å². The lowest BCUT2D eigenvalue weighted by Crippen LogP contribution is -2.42. The summed E-state index contributed by atoms with van der Waals surface area (Å²) in [5.74, 6) is 0.671. The number of rotatable bonds is 6. The molecule has 0 radical (unpaired) electrons. The van der Waals surface area contributed by atoms with E-state index in [1.807, 2.05) is 0 Å². The molecule has 1 amide bonds. The molecule has 0 bridgehead atoms. The fourth-order valence-electron chi connectivity index (χ4n) is 3.91. The molecule has 0 spiro atoms. The van der Waals surface area contributed by atoms with Gasteiger partial charge in [0.25, 0.3) is 0 Å². The molecule has 0 heterocycles. The van der Waals surface area contributed by atoms with Gasteiger partial charge in [-0.25, -0.2) is 4.79 Å². The molecule has 0 aliphatic heterocycles. The lowest BCUT2D eigenvalue weighted by molar-refractivity contribution is 0.183. The van der Waals surface area contributed by atoms with Crippen LogP contribution in [-0.4, -0.2) is 29.3 Å². The summed E-state index contributed by atoms with van der Waals surface area (Å²) < 4.78 is 0. The zero-order chi connectivity index (χ0) is 16.9. The molecule has 2 aliphatic carbocycles. The SMILES string of the molecule is CC/C(=C\c1ccccc1)C1CC1NC1CCC(NC(=O)O)CC1. The Morgan fingerprint density at radius 1 is 1.17 bits per heavy atom. The highest BCUT2D eigenvalue weighted by atomic mass is 16.4. The highest BCUT2D eigenvalue weighted by molar-refractivity contribution is 5.64. The fourth-order valence-corrected chi connectivity index (χ4v) is 3.91. The lowest BCUT2D eigenvalue weighted by Gasteiger charge is -2.29. The smallest absolute Gasteiger partial charge is 0.404 e. The number of benzene rings is 1. The number of amides is 1. The van der Waals surface area contributed by atoms with Gasteiger partial charge in [0.05, 0.1) is 0 Å². The summed E-state index contributed by atoms with van der Waals surface area (Å²) in [4.78, 5) is 10.7. The minimum atomic E-state index is -0.896. The Balaban J connectivity index is 1.47. The summed E-state index contributed by atoms with van der Waals surface area (Å²) in [6.07, 6.45) is 7.82. The molecule has 4 heteroatoms. The minimum Gasteiger partial charge on any atom is -0.465 e. The number of nitrogens with one attached hydrogen (secondary N) is 2. The molecular weight excluding hydrogens is 300 g/mol. The van der Waals surface area contributed by atoms with E-state index in [4.69, 9.17) is 5.11 Å². The third kappa shape index (κ3) is 4.60. The molecule has 3 N–H and O–H groups in total. The van der Waals surface area contributed by atoms with E-state index in [0.29, 0.717) is 18.0 Å². The van der Waals surface area contributed by atoms with E-state index in [1.165, 1.54) is 12.0 Å². The molecule has 2 unspecified atom stereocenters. The molecule has 0 aromatic heterocycles. The summed E-state index contributed by atoms with van der Waals surface area (Å²) >= 11 is 0.